The number of hydrogen-bond acceptors (Lipinski definition) is 2. The molecule has 3 N–H and O–H groups in total. The highest BCUT2D eigenvalue weighted by Crippen LogP contribution is 2.23. The summed E-state index contributed by atoms with van der Waals surface area (Å²) in [6.07, 6.45) is 1.46. The average Bonchev–Trinajstić information content (AvgIpc) is 2.37. The molecular weight excluding hydrogens is 317 g/mol. The normalized spacial score (nSPS) is 16.0. The van der Waals surface area contributed by atoms with Gasteiger partial charge in [0.2, 0.25) is 5.91 Å². The van der Waals surface area contributed by atoms with E-state index in [0.717, 1.165) is 18.5 Å². The van der Waals surface area contributed by atoms with Crippen LogP contribution in [0.2, 0.25) is 10.0 Å². The molecule has 0 radical (unpaired) electrons. The number of nitrogens with zero attached hydrogens (tertiary/aromatic N) is 1. The Kier molecular flexibility index (Phi) is 5.07. The zero-order valence-corrected chi connectivity index (χ0v) is 13.1. The smallest absolute Gasteiger partial charge is 0.220 e. The lowest BCUT2D eigenvalue weighted by atomic mass is 9.97. The zero-order valence-electron chi connectivity index (χ0n) is 10.7. The van der Waals surface area contributed by atoms with Crippen molar-refractivity contribution in [3.63, 3.8) is 0 Å². The molecular formula is C13H15Cl2N3OS. The van der Waals surface area contributed by atoms with Crippen LogP contribution in [-0.4, -0.2) is 29.0 Å². The second kappa shape index (κ2) is 6.61. The van der Waals surface area contributed by atoms with Gasteiger partial charge in [-0.25, -0.2) is 0 Å². The fourth-order valence-electron chi connectivity index (χ4n) is 2.20. The van der Waals surface area contributed by atoms with Gasteiger partial charge in [0, 0.05) is 34.7 Å². The van der Waals surface area contributed by atoms with Crippen molar-refractivity contribution >= 4 is 52.1 Å². The van der Waals surface area contributed by atoms with Gasteiger partial charge in [-0.05, 0) is 43.3 Å². The van der Waals surface area contributed by atoms with Crippen LogP contribution in [-0.2, 0) is 4.79 Å². The molecule has 1 aromatic rings. The number of nitrogens with two attached hydrogens (primary N) is 1. The van der Waals surface area contributed by atoms with Gasteiger partial charge in [0.25, 0.3) is 0 Å². The number of carbonyl (C=O) groups excluding carboxylic acids is 1. The Morgan fingerprint density at radius 1 is 1.25 bits per heavy atom. The van der Waals surface area contributed by atoms with E-state index in [9.17, 15) is 4.79 Å². The minimum absolute atomic E-state index is 0.0466. The van der Waals surface area contributed by atoms with E-state index in [0.29, 0.717) is 28.2 Å². The molecule has 0 bridgehead atoms. The molecule has 1 fully saturated rings. The summed E-state index contributed by atoms with van der Waals surface area (Å²) in [6, 6.07) is 5.18. The maximum absolute atomic E-state index is 11.1. The summed E-state index contributed by atoms with van der Waals surface area (Å²) in [7, 11) is 0. The van der Waals surface area contributed by atoms with Crippen LogP contribution in [0, 0.1) is 5.92 Å². The summed E-state index contributed by atoms with van der Waals surface area (Å²) in [4.78, 5) is 13.1. The lowest BCUT2D eigenvalue weighted by Crippen LogP contribution is -2.43. The molecule has 0 spiro atoms. The van der Waals surface area contributed by atoms with E-state index < -0.39 is 0 Å². The summed E-state index contributed by atoms with van der Waals surface area (Å²) in [5.41, 5.74) is 6.06. The number of nitrogens with one attached hydrogen (secondary N) is 1. The Balaban J connectivity index is 1.94. The van der Waals surface area contributed by atoms with Gasteiger partial charge in [0.05, 0.1) is 0 Å². The molecule has 0 atom stereocenters. The molecule has 0 saturated carbocycles. The van der Waals surface area contributed by atoms with E-state index in [-0.39, 0.29) is 11.8 Å². The predicted octanol–water partition coefficient (Wildman–Crippen LogP) is 2.89. The molecule has 1 saturated heterocycles. The van der Waals surface area contributed by atoms with Gasteiger partial charge in [-0.15, -0.1) is 0 Å². The van der Waals surface area contributed by atoms with Crippen LogP contribution in [0.3, 0.4) is 0 Å². The molecule has 0 aromatic heterocycles. The highest BCUT2D eigenvalue weighted by atomic mass is 35.5. The number of carbonyl (C=O) groups is 1. The number of benzene rings is 1. The van der Waals surface area contributed by atoms with Crippen LogP contribution >= 0.6 is 35.4 Å². The SMILES string of the molecule is NC(=O)C1CCN(C(=S)Nc2cc(Cl)cc(Cl)c2)CC1. The standard InChI is InChI=1S/C13H15Cl2N3OS/c14-9-5-10(15)7-11(6-9)17-13(20)18-3-1-8(2-4-18)12(16)19/h5-8H,1-4H2,(H2,16,19)(H,17,20). The summed E-state index contributed by atoms with van der Waals surface area (Å²) in [6.45, 7) is 1.43. The zero-order chi connectivity index (χ0) is 14.7. The lowest BCUT2D eigenvalue weighted by Gasteiger charge is -2.32. The number of likely N-dealkylation sites (tertiary alicyclic amines) is 1. The van der Waals surface area contributed by atoms with Crippen molar-refractivity contribution in [3.8, 4) is 0 Å². The van der Waals surface area contributed by atoms with Gasteiger partial charge in [0.1, 0.15) is 0 Å². The summed E-state index contributed by atoms with van der Waals surface area (Å²) >= 11 is 17.2. The van der Waals surface area contributed by atoms with E-state index >= 15 is 0 Å². The van der Waals surface area contributed by atoms with Crippen molar-refractivity contribution in [1.29, 1.82) is 0 Å². The number of piperidine rings is 1. The Bertz CT molecular complexity index is 510. The molecule has 7 heteroatoms. The molecule has 1 amide bonds. The molecule has 1 heterocycles. The maximum atomic E-state index is 11.1. The van der Waals surface area contributed by atoms with E-state index in [4.69, 9.17) is 41.2 Å². The molecule has 0 unspecified atom stereocenters. The molecule has 0 aliphatic carbocycles. The van der Waals surface area contributed by atoms with Gasteiger partial charge in [-0.1, -0.05) is 23.2 Å². The fourth-order valence-corrected chi connectivity index (χ4v) is 3.02. The number of hydrogen-bond donors (Lipinski definition) is 2. The highest BCUT2D eigenvalue weighted by Gasteiger charge is 2.24. The Hall–Kier alpha value is -1.04. The first-order valence-corrected chi connectivity index (χ1v) is 7.43. The lowest BCUT2D eigenvalue weighted by molar-refractivity contribution is -0.122. The van der Waals surface area contributed by atoms with Crippen LogP contribution < -0.4 is 11.1 Å². The Morgan fingerprint density at radius 2 is 1.80 bits per heavy atom. The van der Waals surface area contributed by atoms with Crippen molar-refractivity contribution in [3.05, 3.63) is 28.2 Å². The molecule has 1 aliphatic heterocycles. The average molecular weight is 332 g/mol. The number of amides is 1. The van der Waals surface area contributed by atoms with Crippen molar-refractivity contribution < 1.29 is 4.79 Å². The number of anilines is 1. The van der Waals surface area contributed by atoms with Crippen molar-refractivity contribution in [2.75, 3.05) is 18.4 Å². The second-order valence-electron chi connectivity index (χ2n) is 4.75. The predicted molar refractivity (Wildman–Crippen MR) is 86.2 cm³/mol. The fraction of sp³-hybridized carbons (Fsp3) is 0.385. The first-order chi connectivity index (χ1) is 9.45. The summed E-state index contributed by atoms with van der Waals surface area (Å²) < 4.78 is 0. The first-order valence-electron chi connectivity index (χ1n) is 6.27. The van der Waals surface area contributed by atoms with Gasteiger partial charge < -0.3 is 16.0 Å². The summed E-state index contributed by atoms with van der Waals surface area (Å²) in [5.74, 6) is -0.278. The molecule has 1 aliphatic rings. The third kappa shape index (κ3) is 3.98. The quantitative estimate of drug-likeness (QED) is 0.818. The molecule has 4 nitrogen and oxygen atoms in total. The van der Waals surface area contributed by atoms with Crippen molar-refractivity contribution in [2.24, 2.45) is 11.7 Å². The van der Waals surface area contributed by atoms with Crippen LogP contribution in [0.1, 0.15) is 12.8 Å². The maximum Gasteiger partial charge on any atom is 0.220 e. The van der Waals surface area contributed by atoms with E-state index in [1.807, 2.05) is 4.90 Å². The van der Waals surface area contributed by atoms with Gasteiger partial charge in [-0.3, -0.25) is 4.79 Å². The number of primary amides is 1. The number of thiocarbonyl (C=S) groups is 1. The molecule has 1 aromatic carbocycles. The number of rotatable bonds is 2. The second-order valence-corrected chi connectivity index (χ2v) is 6.01. The Morgan fingerprint density at radius 3 is 2.30 bits per heavy atom. The van der Waals surface area contributed by atoms with Gasteiger partial charge in [0.15, 0.2) is 5.11 Å². The van der Waals surface area contributed by atoms with Crippen LogP contribution in [0.25, 0.3) is 0 Å². The van der Waals surface area contributed by atoms with Crippen molar-refractivity contribution in [2.45, 2.75) is 12.8 Å². The third-order valence-electron chi connectivity index (χ3n) is 3.30. The van der Waals surface area contributed by atoms with Crippen molar-refractivity contribution in [1.82, 2.24) is 4.90 Å². The van der Waals surface area contributed by atoms with Gasteiger partial charge >= 0.3 is 0 Å². The highest BCUT2D eigenvalue weighted by molar-refractivity contribution is 7.80. The van der Waals surface area contributed by atoms with Crippen LogP contribution in [0.5, 0.6) is 0 Å². The number of halogens is 2. The first kappa shape index (κ1) is 15.4. The van der Waals surface area contributed by atoms with Gasteiger partial charge in [-0.2, -0.15) is 0 Å². The minimum atomic E-state index is -0.231. The van der Waals surface area contributed by atoms with Crippen LogP contribution in [0.4, 0.5) is 5.69 Å². The van der Waals surface area contributed by atoms with E-state index in [2.05, 4.69) is 5.32 Å². The molecule has 2 rings (SSSR count). The van der Waals surface area contributed by atoms with E-state index in [1.54, 1.807) is 18.2 Å². The molecule has 20 heavy (non-hydrogen) atoms. The minimum Gasteiger partial charge on any atom is -0.369 e. The largest absolute Gasteiger partial charge is 0.369 e. The molecule has 108 valence electrons. The topological polar surface area (TPSA) is 58.4 Å². The monoisotopic (exact) mass is 331 g/mol. The summed E-state index contributed by atoms with van der Waals surface area (Å²) in [5, 5.41) is 4.81. The van der Waals surface area contributed by atoms with Crippen LogP contribution in [0.15, 0.2) is 18.2 Å². The van der Waals surface area contributed by atoms with E-state index in [1.165, 1.54) is 0 Å². The Labute approximate surface area is 133 Å². The third-order valence-corrected chi connectivity index (χ3v) is 4.10.